The molecule has 0 unspecified atom stereocenters. The van der Waals surface area contributed by atoms with Gasteiger partial charge in [0.1, 0.15) is 0 Å². The summed E-state index contributed by atoms with van der Waals surface area (Å²) in [5.41, 5.74) is 4.76. The number of aromatic nitrogens is 5. The first-order valence-corrected chi connectivity index (χ1v) is 14.3. The molecule has 3 aromatic heterocycles. The number of para-hydroxylation sites is 1. The average molecular weight is 524 g/mol. The van der Waals surface area contributed by atoms with Crippen molar-refractivity contribution in [3.05, 3.63) is 65.2 Å². The number of carbonyl (C=O) groups is 2. The number of carbonyl (C=O) groups excluding carboxylic acids is 2. The van der Waals surface area contributed by atoms with E-state index in [1.54, 1.807) is 10.9 Å². The molecule has 200 valence electrons. The topological polar surface area (TPSA) is 107 Å². The van der Waals surface area contributed by atoms with Crippen LogP contribution in [-0.2, 0) is 6.54 Å². The summed E-state index contributed by atoms with van der Waals surface area (Å²) in [6.07, 6.45) is 10.2. The molecule has 1 aromatic carbocycles. The van der Waals surface area contributed by atoms with Gasteiger partial charge in [-0.15, -0.1) is 0 Å². The van der Waals surface area contributed by atoms with Crippen LogP contribution in [0, 0.1) is 0 Å². The minimum atomic E-state index is -0.260. The van der Waals surface area contributed by atoms with Crippen molar-refractivity contribution in [2.24, 2.45) is 0 Å². The number of benzene rings is 1. The monoisotopic (exact) mass is 523 g/mol. The highest BCUT2D eigenvalue weighted by molar-refractivity contribution is 6.14. The second-order valence-electron chi connectivity index (χ2n) is 11.1. The molecule has 0 atom stereocenters. The number of nitrogens with zero attached hydrogens (tertiary/aromatic N) is 5. The largest absolute Gasteiger partial charge is 0.348 e. The summed E-state index contributed by atoms with van der Waals surface area (Å²) in [6.45, 7) is 2.56. The van der Waals surface area contributed by atoms with Crippen molar-refractivity contribution in [3.63, 3.8) is 0 Å². The molecule has 2 N–H and O–H groups in total. The highest BCUT2D eigenvalue weighted by atomic mass is 16.2. The van der Waals surface area contributed by atoms with Crippen LogP contribution in [0.1, 0.15) is 102 Å². The number of hydrogen-bond donors (Lipinski definition) is 2. The fourth-order valence-electron chi connectivity index (χ4n) is 5.68. The zero-order valence-corrected chi connectivity index (χ0v) is 22.2. The van der Waals surface area contributed by atoms with Crippen LogP contribution in [0.15, 0.2) is 42.6 Å². The summed E-state index contributed by atoms with van der Waals surface area (Å²) in [5, 5.41) is 16.5. The van der Waals surface area contributed by atoms with Gasteiger partial charge < -0.3 is 10.6 Å². The van der Waals surface area contributed by atoms with Gasteiger partial charge in [-0.25, -0.2) is 9.67 Å². The van der Waals surface area contributed by atoms with Crippen LogP contribution in [0.2, 0.25) is 0 Å². The zero-order valence-electron chi connectivity index (χ0n) is 22.2. The van der Waals surface area contributed by atoms with E-state index in [4.69, 9.17) is 10.1 Å². The van der Waals surface area contributed by atoms with E-state index >= 15 is 0 Å². The van der Waals surface area contributed by atoms with E-state index < -0.39 is 0 Å². The van der Waals surface area contributed by atoms with Gasteiger partial charge in [-0.3, -0.25) is 14.3 Å². The molecule has 0 radical (unpaired) electrons. The summed E-state index contributed by atoms with van der Waals surface area (Å²) in [4.78, 5) is 32.3. The molecule has 7 rings (SSSR count). The Labute approximate surface area is 227 Å². The number of rotatable bonds is 8. The third-order valence-electron chi connectivity index (χ3n) is 8.13. The van der Waals surface area contributed by atoms with Gasteiger partial charge in [-0.1, -0.05) is 31.0 Å². The van der Waals surface area contributed by atoms with E-state index in [-0.39, 0.29) is 23.6 Å². The van der Waals surface area contributed by atoms with Crippen LogP contribution in [0.5, 0.6) is 0 Å². The van der Waals surface area contributed by atoms with Crippen molar-refractivity contribution in [1.82, 2.24) is 29.9 Å². The van der Waals surface area contributed by atoms with Crippen LogP contribution in [-0.4, -0.2) is 42.4 Å². The van der Waals surface area contributed by atoms with Crippen LogP contribution >= 0.6 is 0 Å². The Balaban J connectivity index is 1.30. The minimum Gasteiger partial charge on any atom is -0.348 e. The molecule has 0 bridgehead atoms. The summed E-state index contributed by atoms with van der Waals surface area (Å²) in [5.74, 6) is 0.191. The molecule has 3 saturated carbocycles. The second kappa shape index (κ2) is 9.63. The fourth-order valence-corrected chi connectivity index (χ4v) is 5.68. The molecule has 3 heterocycles. The highest BCUT2D eigenvalue weighted by Gasteiger charge is 2.35. The smallest absolute Gasteiger partial charge is 0.274 e. The lowest BCUT2D eigenvalue weighted by atomic mass is 10.0. The van der Waals surface area contributed by atoms with Crippen LogP contribution in [0.4, 0.5) is 5.69 Å². The maximum Gasteiger partial charge on any atom is 0.274 e. The number of hydrogen-bond acceptors (Lipinski definition) is 5. The summed E-state index contributed by atoms with van der Waals surface area (Å²) >= 11 is 0. The molecule has 9 heteroatoms. The van der Waals surface area contributed by atoms with E-state index in [0.29, 0.717) is 29.6 Å². The summed E-state index contributed by atoms with van der Waals surface area (Å²) in [6, 6.07) is 12.1. The molecule has 0 saturated heterocycles. The van der Waals surface area contributed by atoms with Crippen molar-refractivity contribution < 1.29 is 9.59 Å². The fraction of sp³-hybridized carbons (Fsp3) is 0.433. The maximum atomic E-state index is 14.0. The normalized spacial score (nSPS) is 17.6. The van der Waals surface area contributed by atoms with Crippen molar-refractivity contribution in [2.75, 3.05) is 5.32 Å². The number of anilines is 1. The minimum absolute atomic E-state index is 0.165. The molecule has 9 nitrogen and oxygen atoms in total. The molecule has 3 aliphatic rings. The Bertz CT molecular complexity index is 1560. The standard InChI is InChI=1S/C30H33N7O2/c1-2-36-17-24(27(34-36)30(39)31-20-8-6-7-9-20)33-29(38)22-16-23(18-12-13-18)32-28-25(22)26(19-14-15-19)35-37(28)21-10-4-3-5-11-21/h3-5,10-11,16-20H,2,6-9,12-15H2,1H3,(H,31,39)(H,33,38). The molecule has 0 spiro atoms. The zero-order chi connectivity index (χ0) is 26.5. The predicted molar refractivity (Wildman–Crippen MR) is 148 cm³/mol. The van der Waals surface area contributed by atoms with Crippen LogP contribution < -0.4 is 10.6 Å². The molecule has 4 aromatic rings. The Morgan fingerprint density at radius 1 is 0.949 bits per heavy atom. The quantitative estimate of drug-likeness (QED) is 0.325. The van der Waals surface area contributed by atoms with Gasteiger partial charge in [0.15, 0.2) is 11.3 Å². The predicted octanol–water partition coefficient (Wildman–Crippen LogP) is 5.32. The van der Waals surface area contributed by atoms with Crippen LogP contribution in [0.3, 0.4) is 0 Å². The SMILES string of the molecule is CCn1cc(NC(=O)c2cc(C3CC3)nc3c2c(C2CC2)nn3-c2ccccc2)c(C(=O)NC2CCCC2)n1. The molecular weight excluding hydrogens is 490 g/mol. The van der Waals surface area contributed by atoms with Crippen LogP contribution in [0.25, 0.3) is 16.7 Å². The molecule has 0 aliphatic heterocycles. The highest BCUT2D eigenvalue weighted by Crippen LogP contribution is 2.45. The third-order valence-corrected chi connectivity index (χ3v) is 8.13. The van der Waals surface area contributed by atoms with E-state index in [9.17, 15) is 9.59 Å². The Kier molecular flexibility index (Phi) is 5.94. The lowest BCUT2D eigenvalue weighted by Crippen LogP contribution is -2.33. The summed E-state index contributed by atoms with van der Waals surface area (Å²) < 4.78 is 3.58. The van der Waals surface area contributed by atoms with E-state index in [1.807, 2.05) is 48.0 Å². The first-order valence-electron chi connectivity index (χ1n) is 14.3. The second-order valence-corrected chi connectivity index (χ2v) is 11.1. The summed E-state index contributed by atoms with van der Waals surface area (Å²) in [7, 11) is 0. The number of aryl methyl sites for hydroxylation is 1. The molecule has 2 amide bonds. The third kappa shape index (κ3) is 4.60. The van der Waals surface area contributed by atoms with Gasteiger partial charge in [0.05, 0.1) is 28.0 Å². The first kappa shape index (κ1) is 24.1. The van der Waals surface area contributed by atoms with E-state index in [1.165, 1.54) is 0 Å². The van der Waals surface area contributed by atoms with Crippen molar-refractivity contribution in [2.45, 2.75) is 82.7 Å². The van der Waals surface area contributed by atoms with Crippen molar-refractivity contribution in [1.29, 1.82) is 0 Å². The number of amides is 2. The lowest BCUT2D eigenvalue weighted by molar-refractivity contribution is 0.0933. The number of fused-ring (bicyclic) bond motifs is 1. The Morgan fingerprint density at radius 2 is 1.69 bits per heavy atom. The maximum absolute atomic E-state index is 14.0. The lowest BCUT2D eigenvalue weighted by Gasteiger charge is -2.12. The molecule has 3 fully saturated rings. The van der Waals surface area contributed by atoms with Gasteiger partial charge in [0, 0.05) is 36.3 Å². The average Bonchev–Trinajstić information content (AvgIpc) is 3.86. The van der Waals surface area contributed by atoms with Gasteiger partial charge in [-0.05, 0) is 63.6 Å². The van der Waals surface area contributed by atoms with Gasteiger partial charge >= 0.3 is 0 Å². The van der Waals surface area contributed by atoms with Crippen molar-refractivity contribution in [3.8, 4) is 5.69 Å². The van der Waals surface area contributed by atoms with E-state index in [2.05, 4.69) is 15.7 Å². The Morgan fingerprint density at radius 3 is 2.38 bits per heavy atom. The van der Waals surface area contributed by atoms with Crippen molar-refractivity contribution >= 4 is 28.5 Å². The van der Waals surface area contributed by atoms with E-state index in [0.717, 1.165) is 79.5 Å². The Hall–Kier alpha value is -4.01. The first-order chi connectivity index (χ1) is 19.1. The van der Waals surface area contributed by atoms with Gasteiger partial charge in [0.25, 0.3) is 11.8 Å². The number of nitrogens with one attached hydrogen (secondary N) is 2. The van der Waals surface area contributed by atoms with Gasteiger partial charge in [0.2, 0.25) is 0 Å². The molecule has 3 aliphatic carbocycles. The molecule has 39 heavy (non-hydrogen) atoms. The molecular formula is C30H33N7O2. The van der Waals surface area contributed by atoms with Gasteiger partial charge in [-0.2, -0.15) is 10.2 Å². The number of pyridine rings is 1.